The zero-order chi connectivity index (χ0) is 14.8. The van der Waals surface area contributed by atoms with E-state index in [1.54, 1.807) is 6.07 Å². The number of nitrogen functional groups attached to an aromatic ring is 1. The van der Waals surface area contributed by atoms with E-state index in [2.05, 4.69) is 22.4 Å². The maximum absolute atomic E-state index is 6.31. The zero-order valence-electron chi connectivity index (χ0n) is 12.2. The van der Waals surface area contributed by atoms with Gasteiger partial charge in [-0.05, 0) is 47.4 Å². The Morgan fingerprint density at radius 2 is 2.05 bits per heavy atom. The highest BCUT2D eigenvalue weighted by Gasteiger charge is 2.26. The first-order valence-electron chi connectivity index (χ1n) is 7.50. The van der Waals surface area contributed by atoms with E-state index in [-0.39, 0.29) is 0 Å². The molecule has 0 spiro atoms. The topological polar surface area (TPSA) is 69.6 Å². The molecule has 5 nitrogen and oxygen atoms in total. The average molecular weight is 306 g/mol. The molecule has 0 saturated heterocycles. The Kier molecular flexibility index (Phi) is 4.10. The monoisotopic (exact) mass is 305 g/mol. The van der Waals surface area contributed by atoms with E-state index in [1.807, 2.05) is 16.8 Å². The van der Waals surface area contributed by atoms with Crippen LogP contribution in [0.4, 0.5) is 5.69 Å². The van der Waals surface area contributed by atoms with Crippen LogP contribution in [0.25, 0.3) is 11.4 Å². The van der Waals surface area contributed by atoms with E-state index >= 15 is 0 Å². The third-order valence-corrected chi connectivity index (χ3v) is 4.67. The first-order valence-corrected chi connectivity index (χ1v) is 7.88. The quantitative estimate of drug-likeness (QED) is 0.678. The lowest BCUT2D eigenvalue weighted by molar-refractivity contribution is 0.306. The second kappa shape index (κ2) is 6.02. The summed E-state index contributed by atoms with van der Waals surface area (Å²) < 4.78 is 1.95. The fourth-order valence-electron chi connectivity index (χ4n) is 3.14. The molecule has 2 N–H and O–H groups in total. The molecule has 1 aromatic carbocycles. The summed E-state index contributed by atoms with van der Waals surface area (Å²) in [4.78, 5) is 0. The third kappa shape index (κ3) is 2.88. The Bertz CT molecular complexity index is 624. The van der Waals surface area contributed by atoms with Crippen molar-refractivity contribution in [3.8, 4) is 11.4 Å². The molecule has 1 heterocycles. The largest absolute Gasteiger partial charge is 0.399 e. The molecule has 1 aromatic heterocycles. The van der Waals surface area contributed by atoms with E-state index in [1.165, 1.54) is 25.7 Å². The maximum Gasteiger partial charge on any atom is 0.183 e. The number of benzene rings is 1. The highest BCUT2D eigenvalue weighted by molar-refractivity contribution is 6.33. The molecule has 112 valence electrons. The number of tetrazole rings is 1. The number of aromatic nitrogens is 4. The van der Waals surface area contributed by atoms with Crippen LogP contribution in [0.3, 0.4) is 0 Å². The predicted octanol–water partition coefficient (Wildman–Crippen LogP) is 3.72. The molecule has 2 aromatic rings. The Morgan fingerprint density at radius 1 is 1.24 bits per heavy atom. The smallest absolute Gasteiger partial charge is 0.183 e. The molecular formula is C15H20ClN5. The molecule has 0 bridgehead atoms. The van der Waals surface area contributed by atoms with Crippen LogP contribution in [0.2, 0.25) is 5.02 Å². The van der Waals surface area contributed by atoms with Crippen LogP contribution >= 0.6 is 11.6 Å². The van der Waals surface area contributed by atoms with Crippen molar-refractivity contribution in [1.82, 2.24) is 20.2 Å². The van der Waals surface area contributed by atoms with Crippen LogP contribution in [0, 0.1) is 5.92 Å². The van der Waals surface area contributed by atoms with Crippen molar-refractivity contribution < 1.29 is 0 Å². The van der Waals surface area contributed by atoms with Gasteiger partial charge in [0.25, 0.3) is 0 Å². The highest BCUT2D eigenvalue weighted by Crippen LogP contribution is 2.35. The van der Waals surface area contributed by atoms with Crippen molar-refractivity contribution in [1.29, 1.82) is 0 Å². The minimum Gasteiger partial charge on any atom is -0.399 e. The molecule has 2 unspecified atom stereocenters. The van der Waals surface area contributed by atoms with Gasteiger partial charge in [0.05, 0.1) is 11.1 Å². The molecule has 2 atom stereocenters. The summed E-state index contributed by atoms with van der Waals surface area (Å²) in [6, 6.07) is 5.80. The molecule has 6 heteroatoms. The SMILES string of the molecule is CC1CCCCCC1n1nnnc1-c1ccc(N)cc1Cl. The normalized spacial score (nSPS) is 23.0. The summed E-state index contributed by atoms with van der Waals surface area (Å²) in [5.41, 5.74) is 7.25. The van der Waals surface area contributed by atoms with Gasteiger partial charge in [-0.25, -0.2) is 4.68 Å². The Labute approximate surface area is 129 Å². The lowest BCUT2D eigenvalue weighted by Crippen LogP contribution is -2.18. The maximum atomic E-state index is 6.31. The van der Waals surface area contributed by atoms with E-state index in [9.17, 15) is 0 Å². The standard InChI is InChI=1S/C15H20ClN5/c1-10-5-3-2-4-6-14(10)21-15(18-19-20-21)12-8-7-11(17)9-13(12)16/h7-10,14H,2-6,17H2,1H3. The second-order valence-electron chi connectivity index (χ2n) is 5.87. The number of anilines is 1. The number of nitrogens with two attached hydrogens (primary N) is 1. The Hall–Kier alpha value is -1.62. The number of nitrogens with zero attached hydrogens (tertiary/aromatic N) is 4. The van der Waals surface area contributed by atoms with Crippen molar-refractivity contribution >= 4 is 17.3 Å². The van der Waals surface area contributed by atoms with Crippen LogP contribution in [-0.2, 0) is 0 Å². The van der Waals surface area contributed by atoms with Gasteiger partial charge in [0.1, 0.15) is 0 Å². The van der Waals surface area contributed by atoms with Crippen LogP contribution in [0.1, 0.15) is 45.1 Å². The van der Waals surface area contributed by atoms with E-state index in [0.717, 1.165) is 17.8 Å². The van der Waals surface area contributed by atoms with Gasteiger partial charge in [0, 0.05) is 11.3 Å². The summed E-state index contributed by atoms with van der Waals surface area (Å²) >= 11 is 6.31. The van der Waals surface area contributed by atoms with Crippen molar-refractivity contribution in [3.63, 3.8) is 0 Å². The van der Waals surface area contributed by atoms with Crippen molar-refractivity contribution in [2.24, 2.45) is 5.92 Å². The molecule has 0 aliphatic heterocycles. The van der Waals surface area contributed by atoms with E-state index in [0.29, 0.717) is 22.7 Å². The van der Waals surface area contributed by atoms with Gasteiger partial charge in [0.2, 0.25) is 0 Å². The minimum atomic E-state index is 0.339. The van der Waals surface area contributed by atoms with Crippen LogP contribution in [0.5, 0.6) is 0 Å². The van der Waals surface area contributed by atoms with Gasteiger partial charge in [-0.1, -0.05) is 37.8 Å². The molecule has 1 aliphatic rings. The highest BCUT2D eigenvalue weighted by atomic mass is 35.5. The molecule has 0 amide bonds. The zero-order valence-corrected chi connectivity index (χ0v) is 12.9. The first-order chi connectivity index (χ1) is 10.2. The molecular weight excluding hydrogens is 286 g/mol. The lowest BCUT2D eigenvalue weighted by Gasteiger charge is -2.22. The van der Waals surface area contributed by atoms with Gasteiger partial charge in [0.15, 0.2) is 5.82 Å². The molecule has 1 fully saturated rings. The average Bonchev–Trinajstić information content (AvgIpc) is 2.81. The van der Waals surface area contributed by atoms with E-state index in [4.69, 9.17) is 17.3 Å². The molecule has 3 rings (SSSR count). The molecule has 1 saturated carbocycles. The Morgan fingerprint density at radius 3 is 2.86 bits per heavy atom. The lowest BCUT2D eigenvalue weighted by atomic mass is 9.97. The number of hydrogen-bond donors (Lipinski definition) is 1. The Balaban J connectivity index is 2.00. The van der Waals surface area contributed by atoms with Gasteiger partial charge < -0.3 is 5.73 Å². The number of halogens is 1. The van der Waals surface area contributed by atoms with Crippen LogP contribution in [-0.4, -0.2) is 20.2 Å². The number of rotatable bonds is 2. The molecule has 21 heavy (non-hydrogen) atoms. The summed E-state index contributed by atoms with van der Waals surface area (Å²) in [6.45, 7) is 2.28. The first kappa shape index (κ1) is 14.3. The second-order valence-corrected chi connectivity index (χ2v) is 6.28. The predicted molar refractivity (Wildman–Crippen MR) is 84.0 cm³/mol. The van der Waals surface area contributed by atoms with Gasteiger partial charge in [-0.3, -0.25) is 0 Å². The van der Waals surface area contributed by atoms with Crippen molar-refractivity contribution in [2.45, 2.75) is 45.1 Å². The van der Waals surface area contributed by atoms with Gasteiger partial charge in [-0.2, -0.15) is 0 Å². The number of hydrogen-bond acceptors (Lipinski definition) is 4. The van der Waals surface area contributed by atoms with Crippen molar-refractivity contribution in [3.05, 3.63) is 23.2 Å². The van der Waals surface area contributed by atoms with Gasteiger partial charge in [-0.15, -0.1) is 5.10 Å². The fourth-order valence-corrected chi connectivity index (χ4v) is 3.42. The summed E-state index contributed by atoms with van der Waals surface area (Å²) in [6.07, 6.45) is 6.15. The third-order valence-electron chi connectivity index (χ3n) is 4.36. The van der Waals surface area contributed by atoms with Crippen LogP contribution < -0.4 is 5.73 Å². The summed E-state index contributed by atoms with van der Waals surface area (Å²) in [5, 5.41) is 12.9. The minimum absolute atomic E-state index is 0.339. The molecule has 0 radical (unpaired) electrons. The van der Waals surface area contributed by atoms with Gasteiger partial charge >= 0.3 is 0 Å². The summed E-state index contributed by atoms with van der Waals surface area (Å²) in [7, 11) is 0. The van der Waals surface area contributed by atoms with E-state index < -0.39 is 0 Å². The van der Waals surface area contributed by atoms with Crippen LogP contribution in [0.15, 0.2) is 18.2 Å². The fraction of sp³-hybridized carbons (Fsp3) is 0.533. The van der Waals surface area contributed by atoms with Crippen molar-refractivity contribution in [2.75, 3.05) is 5.73 Å². The summed E-state index contributed by atoms with van der Waals surface area (Å²) in [5.74, 6) is 1.31. The molecule has 1 aliphatic carbocycles.